The van der Waals surface area contributed by atoms with Crippen LogP contribution in [0.25, 0.3) is 10.9 Å². The molecule has 3 rings (SSSR count). The lowest BCUT2D eigenvalue weighted by Gasteiger charge is -2.08. The number of hydrogen-bond acceptors (Lipinski definition) is 3. The summed E-state index contributed by atoms with van der Waals surface area (Å²) in [5.41, 5.74) is 2.59. The number of hydrogen-bond donors (Lipinski definition) is 1. The second kappa shape index (κ2) is 6.66. The number of fused-ring (bicyclic) bond motifs is 1. The maximum absolute atomic E-state index is 12.5. The van der Waals surface area contributed by atoms with Crippen LogP contribution < -0.4 is 14.8 Å². The summed E-state index contributed by atoms with van der Waals surface area (Å²) in [5.74, 6) is 1.44. The summed E-state index contributed by atoms with van der Waals surface area (Å²) in [5, 5.41) is 3.93. The Morgan fingerprint density at radius 1 is 1.04 bits per heavy atom. The zero-order valence-electron chi connectivity index (χ0n) is 14.0. The van der Waals surface area contributed by atoms with Gasteiger partial charge in [-0.25, -0.2) is 0 Å². The third kappa shape index (κ3) is 3.06. The Morgan fingerprint density at radius 2 is 1.79 bits per heavy atom. The van der Waals surface area contributed by atoms with E-state index in [1.54, 1.807) is 14.2 Å². The summed E-state index contributed by atoms with van der Waals surface area (Å²) >= 11 is 0. The molecule has 0 unspecified atom stereocenters. The van der Waals surface area contributed by atoms with Crippen molar-refractivity contribution in [2.24, 2.45) is 7.05 Å². The maximum atomic E-state index is 12.5. The van der Waals surface area contributed by atoms with E-state index in [-0.39, 0.29) is 5.91 Å². The van der Waals surface area contributed by atoms with Crippen molar-refractivity contribution in [1.29, 1.82) is 0 Å². The summed E-state index contributed by atoms with van der Waals surface area (Å²) in [6, 6.07) is 15.3. The fraction of sp³-hybridized carbons (Fsp3) is 0.211. The molecule has 1 aromatic heterocycles. The molecule has 1 amide bonds. The summed E-state index contributed by atoms with van der Waals surface area (Å²) in [6.07, 6.45) is 0. The first-order valence-corrected chi connectivity index (χ1v) is 7.67. The number of aryl methyl sites for hydroxylation is 1. The molecule has 0 aliphatic heterocycles. The Morgan fingerprint density at radius 3 is 2.54 bits per heavy atom. The van der Waals surface area contributed by atoms with Crippen LogP contribution in [0.5, 0.6) is 11.5 Å². The molecule has 124 valence electrons. The molecule has 2 aromatic carbocycles. The van der Waals surface area contributed by atoms with Gasteiger partial charge in [-0.2, -0.15) is 0 Å². The zero-order chi connectivity index (χ0) is 17.1. The van der Waals surface area contributed by atoms with Crippen molar-refractivity contribution in [3.8, 4) is 11.5 Å². The lowest BCUT2D eigenvalue weighted by atomic mass is 10.2. The van der Waals surface area contributed by atoms with Crippen molar-refractivity contribution in [2.45, 2.75) is 6.54 Å². The first kappa shape index (κ1) is 15.9. The van der Waals surface area contributed by atoms with Crippen molar-refractivity contribution in [3.63, 3.8) is 0 Å². The zero-order valence-corrected chi connectivity index (χ0v) is 14.0. The number of nitrogens with one attached hydrogen (secondary N) is 1. The average molecular weight is 324 g/mol. The molecule has 0 radical (unpaired) electrons. The van der Waals surface area contributed by atoms with Crippen LogP contribution in [0.1, 0.15) is 16.1 Å². The second-order valence-electron chi connectivity index (χ2n) is 5.55. The molecule has 1 heterocycles. The number of nitrogens with zero attached hydrogens (tertiary/aromatic N) is 1. The standard InChI is InChI=1S/C19H20N2O3/c1-21-17-8-7-16(24-3)10-14(17)11-18(21)19(22)20-12-13-5-4-6-15(9-13)23-2/h4-11H,12H2,1-3H3,(H,20,22). The van der Waals surface area contributed by atoms with Crippen LogP contribution in [-0.2, 0) is 13.6 Å². The largest absolute Gasteiger partial charge is 0.497 e. The Bertz CT molecular complexity index is 883. The first-order chi connectivity index (χ1) is 11.6. The number of methoxy groups -OCH3 is 2. The van der Waals surface area contributed by atoms with Crippen molar-refractivity contribution < 1.29 is 14.3 Å². The number of aromatic nitrogens is 1. The molecule has 3 aromatic rings. The number of rotatable bonds is 5. The molecule has 0 saturated heterocycles. The van der Waals surface area contributed by atoms with Crippen LogP contribution in [0.2, 0.25) is 0 Å². The third-order valence-electron chi connectivity index (χ3n) is 4.07. The van der Waals surface area contributed by atoms with E-state index in [1.807, 2.05) is 60.1 Å². The molecule has 5 nitrogen and oxygen atoms in total. The molecule has 1 N–H and O–H groups in total. The number of ether oxygens (including phenoxy) is 2. The van der Waals surface area contributed by atoms with Gasteiger partial charge < -0.3 is 19.4 Å². The fourth-order valence-electron chi connectivity index (χ4n) is 2.73. The second-order valence-corrected chi connectivity index (χ2v) is 5.55. The van der Waals surface area contributed by atoms with Crippen LogP contribution in [0.3, 0.4) is 0 Å². The van der Waals surface area contributed by atoms with Gasteiger partial charge >= 0.3 is 0 Å². The highest BCUT2D eigenvalue weighted by atomic mass is 16.5. The molecule has 24 heavy (non-hydrogen) atoms. The van der Waals surface area contributed by atoms with Crippen LogP contribution in [0, 0.1) is 0 Å². The molecule has 0 aliphatic rings. The first-order valence-electron chi connectivity index (χ1n) is 7.67. The van der Waals surface area contributed by atoms with E-state index in [2.05, 4.69) is 5.32 Å². The number of amides is 1. The molecule has 0 bridgehead atoms. The fourth-order valence-corrected chi connectivity index (χ4v) is 2.73. The Labute approximate surface area is 140 Å². The predicted octanol–water partition coefficient (Wildman–Crippen LogP) is 3.13. The minimum atomic E-state index is -0.115. The highest BCUT2D eigenvalue weighted by Gasteiger charge is 2.13. The Hall–Kier alpha value is -2.95. The normalized spacial score (nSPS) is 10.6. The van der Waals surface area contributed by atoms with E-state index in [0.29, 0.717) is 12.2 Å². The smallest absolute Gasteiger partial charge is 0.268 e. The number of carbonyl (C=O) groups excluding carboxylic acids is 1. The van der Waals surface area contributed by atoms with Gasteiger partial charge in [-0.1, -0.05) is 12.1 Å². The van der Waals surface area contributed by atoms with Crippen LogP contribution >= 0.6 is 0 Å². The highest BCUT2D eigenvalue weighted by Crippen LogP contribution is 2.23. The molecule has 0 atom stereocenters. The topological polar surface area (TPSA) is 52.5 Å². The van der Waals surface area contributed by atoms with Gasteiger partial charge in [0, 0.05) is 24.5 Å². The molecule has 0 saturated carbocycles. The third-order valence-corrected chi connectivity index (χ3v) is 4.07. The van der Waals surface area contributed by atoms with Gasteiger partial charge in [0.25, 0.3) is 5.91 Å². The lowest BCUT2D eigenvalue weighted by Crippen LogP contribution is -2.24. The monoisotopic (exact) mass is 324 g/mol. The van der Waals surface area contributed by atoms with E-state index >= 15 is 0 Å². The van der Waals surface area contributed by atoms with Gasteiger partial charge in [0.2, 0.25) is 0 Å². The highest BCUT2D eigenvalue weighted by molar-refractivity contribution is 5.99. The van der Waals surface area contributed by atoms with Gasteiger partial charge in [-0.15, -0.1) is 0 Å². The molecule has 0 spiro atoms. The van der Waals surface area contributed by atoms with Crippen molar-refractivity contribution in [2.75, 3.05) is 14.2 Å². The van der Waals surface area contributed by atoms with Crippen molar-refractivity contribution in [1.82, 2.24) is 9.88 Å². The van der Waals surface area contributed by atoms with E-state index in [4.69, 9.17) is 9.47 Å². The minimum absolute atomic E-state index is 0.115. The SMILES string of the molecule is COc1cccc(CNC(=O)c2cc3cc(OC)ccc3n2C)c1. The van der Waals surface area contributed by atoms with Gasteiger partial charge in [0.1, 0.15) is 17.2 Å². The molecule has 0 fully saturated rings. The van der Waals surface area contributed by atoms with Crippen molar-refractivity contribution in [3.05, 3.63) is 59.8 Å². The number of carbonyl (C=O) groups is 1. The van der Waals surface area contributed by atoms with Crippen molar-refractivity contribution >= 4 is 16.8 Å². The maximum Gasteiger partial charge on any atom is 0.268 e. The summed E-state index contributed by atoms with van der Waals surface area (Å²) in [7, 11) is 5.14. The van der Waals surface area contributed by atoms with Crippen LogP contribution in [0.15, 0.2) is 48.5 Å². The van der Waals surface area contributed by atoms with E-state index in [0.717, 1.165) is 28.0 Å². The van der Waals surface area contributed by atoms with Gasteiger partial charge in [0.15, 0.2) is 0 Å². The summed E-state index contributed by atoms with van der Waals surface area (Å²) in [4.78, 5) is 12.5. The molecule has 5 heteroatoms. The molecular formula is C19H20N2O3. The number of benzene rings is 2. The van der Waals surface area contributed by atoms with E-state index in [9.17, 15) is 4.79 Å². The Balaban J connectivity index is 1.79. The van der Waals surface area contributed by atoms with Crippen LogP contribution in [0.4, 0.5) is 0 Å². The minimum Gasteiger partial charge on any atom is -0.497 e. The molecular weight excluding hydrogens is 304 g/mol. The van der Waals surface area contributed by atoms with E-state index in [1.165, 1.54) is 0 Å². The van der Waals surface area contributed by atoms with Crippen LogP contribution in [-0.4, -0.2) is 24.7 Å². The summed E-state index contributed by atoms with van der Waals surface area (Å²) < 4.78 is 12.3. The molecule has 0 aliphatic carbocycles. The predicted molar refractivity (Wildman–Crippen MR) is 93.6 cm³/mol. The van der Waals surface area contributed by atoms with E-state index < -0.39 is 0 Å². The lowest BCUT2D eigenvalue weighted by molar-refractivity contribution is 0.0943. The van der Waals surface area contributed by atoms with Gasteiger partial charge in [0.05, 0.1) is 14.2 Å². The Kier molecular flexibility index (Phi) is 4.42. The van der Waals surface area contributed by atoms with Gasteiger partial charge in [-0.3, -0.25) is 4.79 Å². The quantitative estimate of drug-likeness (QED) is 0.784. The van der Waals surface area contributed by atoms with Gasteiger partial charge in [-0.05, 0) is 42.0 Å². The average Bonchev–Trinajstić information content (AvgIpc) is 2.96. The summed E-state index contributed by atoms with van der Waals surface area (Å²) in [6.45, 7) is 0.445.